The van der Waals surface area contributed by atoms with Crippen LogP contribution in [0.5, 0.6) is 0 Å². The van der Waals surface area contributed by atoms with Crippen molar-refractivity contribution in [2.24, 2.45) is 5.92 Å². The van der Waals surface area contributed by atoms with Crippen molar-refractivity contribution in [3.63, 3.8) is 0 Å². The van der Waals surface area contributed by atoms with Gasteiger partial charge < -0.3 is 10.1 Å². The first kappa shape index (κ1) is 11.1. The summed E-state index contributed by atoms with van der Waals surface area (Å²) in [5.74, 6) is 0.867. The molecule has 1 saturated carbocycles. The number of hydrogen-bond donors (Lipinski definition) is 1. The molecule has 1 N–H and O–H groups in total. The summed E-state index contributed by atoms with van der Waals surface area (Å²) < 4.78 is 5.65. The third kappa shape index (κ3) is 3.93. The summed E-state index contributed by atoms with van der Waals surface area (Å²) in [7, 11) is 0. The molecule has 84 valence electrons. The van der Waals surface area contributed by atoms with Crippen molar-refractivity contribution in [1.29, 1.82) is 0 Å². The van der Waals surface area contributed by atoms with Crippen LogP contribution in [-0.4, -0.2) is 13.2 Å². The zero-order valence-corrected chi connectivity index (χ0v) is 10.1. The zero-order chi connectivity index (χ0) is 10.5. The standard InChI is InChI=1S/C12H19NOS/c1-2-13-7-11-5-6-12(15-11)9-14-8-10-3-4-10/h5-6,10,13H,2-4,7-9H2,1H3. The first-order valence-electron chi connectivity index (χ1n) is 5.74. The molecule has 0 spiro atoms. The van der Waals surface area contributed by atoms with Gasteiger partial charge in [-0.15, -0.1) is 11.3 Å². The molecule has 2 nitrogen and oxygen atoms in total. The van der Waals surface area contributed by atoms with Gasteiger partial charge in [0.25, 0.3) is 0 Å². The fourth-order valence-corrected chi connectivity index (χ4v) is 2.38. The molecule has 15 heavy (non-hydrogen) atoms. The van der Waals surface area contributed by atoms with Gasteiger partial charge in [0.05, 0.1) is 6.61 Å². The van der Waals surface area contributed by atoms with E-state index in [4.69, 9.17) is 4.74 Å². The first-order valence-corrected chi connectivity index (χ1v) is 6.56. The minimum Gasteiger partial charge on any atom is -0.376 e. The molecule has 1 aromatic rings. The van der Waals surface area contributed by atoms with Gasteiger partial charge in [0.2, 0.25) is 0 Å². The summed E-state index contributed by atoms with van der Waals surface area (Å²) >= 11 is 1.86. The van der Waals surface area contributed by atoms with Crippen LogP contribution < -0.4 is 5.32 Å². The molecule has 1 fully saturated rings. The van der Waals surface area contributed by atoms with Crippen LogP contribution in [0.4, 0.5) is 0 Å². The Kier molecular flexibility index (Phi) is 4.18. The van der Waals surface area contributed by atoms with Crippen LogP contribution in [0.2, 0.25) is 0 Å². The highest BCUT2D eigenvalue weighted by molar-refractivity contribution is 7.11. The van der Waals surface area contributed by atoms with Crippen molar-refractivity contribution >= 4 is 11.3 Å². The molecule has 2 rings (SSSR count). The molecule has 0 radical (unpaired) electrons. The molecule has 0 saturated heterocycles. The minimum atomic E-state index is 0.799. The van der Waals surface area contributed by atoms with E-state index in [2.05, 4.69) is 24.4 Å². The third-order valence-corrected chi connectivity index (χ3v) is 3.62. The summed E-state index contributed by atoms with van der Waals surface area (Å²) in [6, 6.07) is 4.38. The molecular formula is C12H19NOS. The first-order chi connectivity index (χ1) is 7.38. The lowest BCUT2D eigenvalue weighted by molar-refractivity contribution is 0.113. The van der Waals surface area contributed by atoms with Gasteiger partial charge in [-0.25, -0.2) is 0 Å². The smallest absolute Gasteiger partial charge is 0.0809 e. The van der Waals surface area contributed by atoms with Gasteiger partial charge in [0.1, 0.15) is 0 Å². The quantitative estimate of drug-likeness (QED) is 0.770. The van der Waals surface area contributed by atoms with Crippen LogP contribution in [0.25, 0.3) is 0 Å². The Bertz CT molecular complexity index is 294. The molecule has 1 heterocycles. The lowest BCUT2D eigenvalue weighted by atomic mass is 10.4. The highest BCUT2D eigenvalue weighted by atomic mass is 32.1. The Labute approximate surface area is 95.6 Å². The van der Waals surface area contributed by atoms with Crippen LogP contribution in [0.1, 0.15) is 29.5 Å². The van der Waals surface area contributed by atoms with E-state index in [0.717, 1.165) is 32.2 Å². The minimum absolute atomic E-state index is 0.799. The molecule has 0 atom stereocenters. The van der Waals surface area contributed by atoms with Gasteiger partial charge in [0, 0.05) is 22.9 Å². The average Bonchev–Trinajstić information content (AvgIpc) is 2.95. The van der Waals surface area contributed by atoms with Crippen molar-refractivity contribution in [3.8, 4) is 0 Å². The van der Waals surface area contributed by atoms with Crippen molar-refractivity contribution in [1.82, 2.24) is 5.32 Å². The van der Waals surface area contributed by atoms with Gasteiger partial charge in [-0.2, -0.15) is 0 Å². The summed E-state index contributed by atoms with van der Waals surface area (Å²) in [6.07, 6.45) is 2.74. The van der Waals surface area contributed by atoms with Crippen molar-refractivity contribution in [2.75, 3.05) is 13.2 Å². The monoisotopic (exact) mass is 225 g/mol. The fourth-order valence-electron chi connectivity index (χ4n) is 1.45. The normalized spacial score (nSPS) is 15.8. The highest BCUT2D eigenvalue weighted by Gasteiger charge is 2.21. The Balaban J connectivity index is 1.68. The van der Waals surface area contributed by atoms with Gasteiger partial charge in [-0.05, 0) is 37.4 Å². The third-order valence-electron chi connectivity index (χ3n) is 2.56. The molecule has 0 aromatic carbocycles. The Morgan fingerprint density at radius 2 is 2.20 bits per heavy atom. The van der Waals surface area contributed by atoms with E-state index in [1.807, 2.05) is 11.3 Å². The zero-order valence-electron chi connectivity index (χ0n) is 9.29. The lowest BCUT2D eigenvalue weighted by Gasteiger charge is -2.00. The Hall–Kier alpha value is -0.380. The molecule has 1 aliphatic carbocycles. The second-order valence-corrected chi connectivity index (χ2v) is 5.36. The van der Waals surface area contributed by atoms with E-state index in [1.165, 1.54) is 22.6 Å². The van der Waals surface area contributed by atoms with Crippen LogP contribution in [0.15, 0.2) is 12.1 Å². The average molecular weight is 225 g/mol. The van der Waals surface area contributed by atoms with E-state index >= 15 is 0 Å². The van der Waals surface area contributed by atoms with Crippen molar-refractivity contribution < 1.29 is 4.74 Å². The molecule has 1 aromatic heterocycles. The van der Waals surface area contributed by atoms with Gasteiger partial charge in [-0.3, -0.25) is 0 Å². The molecule has 0 amide bonds. The van der Waals surface area contributed by atoms with Gasteiger partial charge in [-0.1, -0.05) is 6.92 Å². The topological polar surface area (TPSA) is 21.3 Å². The number of nitrogens with one attached hydrogen (secondary N) is 1. The SMILES string of the molecule is CCNCc1ccc(COCC2CC2)s1. The second kappa shape index (κ2) is 5.64. The van der Waals surface area contributed by atoms with Gasteiger partial charge in [0.15, 0.2) is 0 Å². The summed E-state index contributed by atoms with van der Waals surface area (Å²) in [5, 5.41) is 3.33. The predicted octanol–water partition coefficient (Wildman–Crippen LogP) is 2.78. The number of rotatable bonds is 7. The van der Waals surface area contributed by atoms with E-state index in [0.29, 0.717) is 0 Å². The molecule has 0 bridgehead atoms. The maximum Gasteiger partial charge on any atom is 0.0809 e. The van der Waals surface area contributed by atoms with E-state index < -0.39 is 0 Å². The molecule has 3 heteroatoms. The second-order valence-electron chi connectivity index (χ2n) is 4.11. The lowest BCUT2D eigenvalue weighted by Crippen LogP contribution is -2.10. The van der Waals surface area contributed by atoms with Crippen LogP contribution >= 0.6 is 11.3 Å². The van der Waals surface area contributed by atoms with Crippen molar-refractivity contribution in [3.05, 3.63) is 21.9 Å². The molecule has 1 aliphatic rings. The van der Waals surface area contributed by atoms with Gasteiger partial charge >= 0.3 is 0 Å². The highest BCUT2D eigenvalue weighted by Crippen LogP contribution is 2.29. The van der Waals surface area contributed by atoms with E-state index in [1.54, 1.807) is 0 Å². The molecular weight excluding hydrogens is 206 g/mol. The van der Waals surface area contributed by atoms with Crippen LogP contribution in [-0.2, 0) is 17.9 Å². The van der Waals surface area contributed by atoms with E-state index in [-0.39, 0.29) is 0 Å². The van der Waals surface area contributed by atoms with Crippen LogP contribution in [0.3, 0.4) is 0 Å². The predicted molar refractivity (Wildman–Crippen MR) is 64.1 cm³/mol. The molecule has 0 unspecified atom stereocenters. The van der Waals surface area contributed by atoms with E-state index in [9.17, 15) is 0 Å². The Morgan fingerprint density at radius 3 is 2.93 bits per heavy atom. The number of hydrogen-bond acceptors (Lipinski definition) is 3. The maximum atomic E-state index is 5.65. The summed E-state index contributed by atoms with van der Waals surface area (Å²) in [5.41, 5.74) is 0. The summed E-state index contributed by atoms with van der Waals surface area (Å²) in [6.45, 7) is 5.91. The largest absolute Gasteiger partial charge is 0.376 e. The molecule has 0 aliphatic heterocycles. The van der Waals surface area contributed by atoms with Crippen molar-refractivity contribution in [2.45, 2.75) is 32.9 Å². The number of thiophene rings is 1. The Morgan fingerprint density at radius 1 is 1.40 bits per heavy atom. The number of ether oxygens (including phenoxy) is 1. The summed E-state index contributed by atoms with van der Waals surface area (Å²) in [4.78, 5) is 2.76. The van der Waals surface area contributed by atoms with Crippen LogP contribution in [0, 0.1) is 5.92 Å². The fraction of sp³-hybridized carbons (Fsp3) is 0.667. The maximum absolute atomic E-state index is 5.65.